The van der Waals surface area contributed by atoms with Crippen LogP contribution in [0, 0.1) is 0 Å². The van der Waals surface area contributed by atoms with Crippen molar-refractivity contribution in [3.8, 4) is 11.4 Å². The van der Waals surface area contributed by atoms with Crippen LogP contribution < -0.4 is 15.0 Å². The quantitative estimate of drug-likeness (QED) is 0.456. The summed E-state index contributed by atoms with van der Waals surface area (Å²) in [5.41, 5.74) is 1.27. The van der Waals surface area contributed by atoms with E-state index in [0.717, 1.165) is 24.9 Å². The van der Waals surface area contributed by atoms with Gasteiger partial charge in [0, 0.05) is 18.8 Å². The van der Waals surface area contributed by atoms with Gasteiger partial charge in [-0.2, -0.15) is 4.98 Å². The number of ether oxygens (including phenoxy) is 1. The molecule has 33 heavy (non-hydrogen) atoms. The molecule has 12 heteroatoms. The number of hydrogen-bond acceptors (Lipinski definition) is 7. The van der Waals surface area contributed by atoms with Gasteiger partial charge >= 0.3 is 6.36 Å². The van der Waals surface area contributed by atoms with Gasteiger partial charge in [0.25, 0.3) is 0 Å². The lowest BCUT2D eigenvalue weighted by molar-refractivity contribution is -0.274. The summed E-state index contributed by atoms with van der Waals surface area (Å²) in [4.78, 5) is 11.0. The molecule has 3 aromatic heterocycles. The third kappa shape index (κ3) is 4.42. The molecule has 0 unspecified atom stereocenters. The van der Waals surface area contributed by atoms with Crippen LogP contribution in [-0.2, 0) is 0 Å². The highest BCUT2D eigenvalue weighted by Crippen LogP contribution is 2.29. The molecule has 9 nitrogen and oxygen atoms in total. The smallest absolute Gasteiger partial charge is 0.406 e. The van der Waals surface area contributed by atoms with E-state index in [4.69, 9.17) is 0 Å². The van der Waals surface area contributed by atoms with Crippen molar-refractivity contribution in [2.24, 2.45) is 0 Å². The van der Waals surface area contributed by atoms with Crippen molar-refractivity contribution in [2.45, 2.75) is 25.2 Å². The Bertz CT molecular complexity index is 1270. The number of benzene rings is 1. The molecule has 1 fully saturated rings. The lowest BCUT2D eigenvalue weighted by atomic mass is 10.2. The van der Waals surface area contributed by atoms with Gasteiger partial charge in [0.1, 0.15) is 17.6 Å². The SMILES string of the molecule is OC[C@@H]1CCCN1c1nc(Nc2cn(-c3cccc(OC(F)(F)F)c3)cn2)nn2cccc12. The number of fused-ring (bicyclic) bond motifs is 1. The van der Waals surface area contributed by atoms with Crippen LogP contribution in [0.4, 0.5) is 30.8 Å². The van der Waals surface area contributed by atoms with Crippen molar-refractivity contribution in [3.05, 3.63) is 55.1 Å². The summed E-state index contributed by atoms with van der Waals surface area (Å²) in [7, 11) is 0. The maximum Gasteiger partial charge on any atom is 0.573 e. The molecule has 1 aliphatic rings. The molecule has 4 aromatic rings. The maximum atomic E-state index is 12.5. The van der Waals surface area contributed by atoms with Gasteiger partial charge in [-0.1, -0.05) is 6.07 Å². The minimum atomic E-state index is -4.77. The second-order valence-corrected chi connectivity index (χ2v) is 7.61. The van der Waals surface area contributed by atoms with Crippen molar-refractivity contribution in [1.29, 1.82) is 0 Å². The molecule has 1 aromatic carbocycles. The summed E-state index contributed by atoms with van der Waals surface area (Å²) < 4.78 is 44.8. The molecule has 0 bridgehead atoms. The minimum absolute atomic E-state index is 0.00291. The van der Waals surface area contributed by atoms with E-state index in [0.29, 0.717) is 23.3 Å². The number of imidazole rings is 1. The van der Waals surface area contributed by atoms with Gasteiger partial charge in [0.15, 0.2) is 11.6 Å². The third-order valence-corrected chi connectivity index (χ3v) is 5.40. The fraction of sp³-hybridized carbons (Fsp3) is 0.286. The topological polar surface area (TPSA) is 92.7 Å². The van der Waals surface area contributed by atoms with Gasteiger partial charge in [0.05, 0.1) is 24.5 Å². The molecule has 0 spiro atoms. The van der Waals surface area contributed by atoms with Crippen LogP contribution in [-0.4, -0.2) is 54.8 Å². The number of aromatic nitrogens is 5. The zero-order valence-electron chi connectivity index (χ0n) is 17.3. The molecule has 172 valence electrons. The van der Waals surface area contributed by atoms with E-state index in [1.165, 1.54) is 24.5 Å². The third-order valence-electron chi connectivity index (χ3n) is 5.40. The van der Waals surface area contributed by atoms with E-state index in [1.54, 1.807) is 27.5 Å². The molecule has 2 N–H and O–H groups in total. The first-order valence-electron chi connectivity index (χ1n) is 10.3. The molecule has 4 heterocycles. The number of aliphatic hydroxyl groups excluding tert-OH is 1. The van der Waals surface area contributed by atoms with Crippen molar-refractivity contribution in [1.82, 2.24) is 24.1 Å². The first kappa shape index (κ1) is 21.1. The summed E-state index contributed by atoms with van der Waals surface area (Å²) >= 11 is 0. The number of nitrogens with zero attached hydrogens (tertiary/aromatic N) is 6. The second-order valence-electron chi connectivity index (χ2n) is 7.61. The highest BCUT2D eigenvalue weighted by Gasteiger charge is 2.31. The van der Waals surface area contributed by atoms with Crippen LogP contribution in [0.5, 0.6) is 5.75 Å². The van der Waals surface area contributed by atoms with E-state index in [2.05, 4.69) is 30.0 Å². The molecule has 1 saturated heterocycles. The number of alkyl halides is 3. The number of nitrogens with one attached hydrogen (secondary N) is 1. The zero-order chi connectivity index (χ0) is 23.0. The number of anilines is 3. The van der Waals surface area contributed by atoms with E-state index in [-0.39, 0.29) is 18.4 Å². The Morgan fingerprint density at radius 3 is 2.91 bits per heavy atom. The van der Waals surface area contributed by atoms with E-state index in [1.807, 2.05) is 12.1 Å². The normalized spacial score (nSPS) is 16.5. The largest absolute Gasteiger partial charge is 0.573 e. The Kier molecular flexibility index (Phi) is 5.29. The summed E-state index contributed by atoms with van der Waals surface area (Å²) in [6, 6.07) is 9.37. The van der Waals surface area contributed by atoms with Crippen molar-refractivity contribution >= 4 is 23.1 Å². The Hall–Kier alpha value is -3.80. The van der Waals surface area contributed by atoms with E-state index >= 15 is 0 Å². The average molecular weight is 459 g/mol. The summed E-state index contributed by atoms with van der Waals surface area (Å²) in [6.45, 7) is 0.828. The predicted molar refractivity (Wildman–Crippen MR) is 114 cm³/mol. The zero-order valence-corrected chi connectivity index (χ0v) is 17.3. The fourth-order valence-electron chi connectivity index (χ4n) is 3.97. The molecular weight excluding hydrogens is 439 g/mol. The molecule has 1 atom stereocenters. The first-order valence-corrected chi connectivity index (χ1v) is 10.3. The van der Waals surface area contributed by atoms with E-state index < -0.39 is 6.36 Å². The Balaban J connectivity index is 1.41. The van der Waals surface area contributed by atoms with Gasteiger partial charge in [0.2, 0.25) is 5.95 Å². The first-order chi connectivity index (χ1) is 15.9. The average Bonchev–Trinajstić information content (AvgIpc) is 3.52. The Morgan fingerprint density at radius 2 is 2.09 bits per heavy atom. The van der Waals surface area contributed by atoms with Gasteiger partial charge < -0.3 is 24.6 Å². The standard InChI is InChI=1S/C21H20F3N7O2/c22-21(23,24)33-16-6-1-4-14(10-16)29-11-18(25-13-29)26-20-27-19(17-7-3-9-31(17)28-20)30-8-2-5-15(30)12-32/h1,3-4,6-7,9-11,13,15,32H,2,5,8,12H2,(H,26,28)/t15-/m0/s1. The van der Waals surface area contributed by atoms with Gasteiger partial charge in [-0.3, -0.25) is 0 Å². The van der Waals surface area contributed by atoms with Crippen LogP contribution in [0.2, 0.25) is 0 Å². The maximum absolute atomic E-state index is 12.5. The summed E-state index contributed by atoms with van der Waals surface area (Å²) in [5.74, 6) is 1.11. The van der Waals surface area contributed by atoms with Crippen LogP contribution in [0.1, 0.15) is 12.8 Å². The monoisotopic (exact) mass is 459 g/mol. The molecule has 0 saturated carbocycles. The lowest BCUT2D eigenvalue weighted by Crippen LogP contribution is -2.33. The second kappa shape index (κ2) is 8.28. The van der Waals surface area contributed by atoms with Crippen molar-refractivity contribution < 1.29 is 23.0 Å². The Morgan fingerprint density at radius 1 is 1.21 bits per heavy atom. The van der Waals surface area contributed by atoms with Gasteiger partial charge in [-0.05, 0) is 37.1 Å². The van der Waals surface area contributed by atoms with Crippen LogP contribution in [0.3, 0.4) is 0 Å². The number of halogens is 3. The van der Waals surface area contributed by atoms with Gasteiger partial charge in [-0.25, -0.2) is 9.50 Å². The van der Waals surface area contributed by atoms with E-state index in [9.17, 15) is 18.3 Å². The number of aliphatic hydroxyl groups is 1. The van der Waals surface area contributed by atoms with Crippen LogP contribution in [0.15, 0.2) is 55.1 Å². The lowest BCUT2D eigenvalue weighted by Gasteiger charge is -2.25. The number of rotatable bonds is 6. The van der Waals surface area contributed by atoms with Crippen LogP contribution >= 0.6 is 0 Å². The molecule has 0 aliphatic carbocycles. The molecule has 0 amide bonds. The molecular formula is C21H20F3N7O2. The van der Waals surface area contributed by atoms with Gasteiger partial charge in [-0.15, -0.1) is 18.3 Å². The molecule has 0 radical (unpaired) electrons. The van der Waals surface area contributed by atoms with Crippen LogP contribution in [0.25, 0.3) is 11.2 Å². The Labute approximate surface area is 186 Å². The molecule has 5 rings (SSSR count). The summed E-state index contributed by atoms with van der Waals surface area (Å²) in [5, 5.41) is 17.2. The summed E-state index contributed by atoms with van der Waals surface area (Å²) in [6.07, 6.45) is 1.97. The molecule has 1 aliphatic heterocycles. The van der Waals surface area contributed by atoms with Crippen molar-refractivity contribution in [2.75, 3.05) is 23.4 Å². The highest BCUT2D eigenvalue weighted by molar-refractivity contribution is 5.71. The fourth-order valence-corrected chi connectivity index (χ4v) is 3.97. The predicted octanol–water partition coefficient (Wildman–Crippen LogP) is 3.52. The van der Waals surface area contributed by atoms with Crippen molar-refractivity contribution in [3.63, 3.8) is 0 Å². The number of hydrogen-bond donors (Lipinski definition) is 2. The highest BCUT2D eigenvalue weighted by atomic mass is 19.4. The minimum Gasteiger partial charge on any atom is -0.406 e.